The molecule has 1 saturated heterocycles. The normalized spacial score (nSPS) is 20.3. The van der Waals surface area contributed by atoms with Crippen LogP contribution in [0.5, 0.6) is 0 Å². The van der Waals surface area contributed by atoms with E-state index in [1.54, 1.807) is 11.0 Å². The smallest absolute Gasteiger partial charge is 0.412 e. The third-order valence-electron chi connectivity index (χ3n) is 4.07. The Morgan fingerprint density at radius 3 is 2.67 bits per heavy atom. The maximum absolute atomic E-state index is 12.5. The summed E-state index contributed by atoms with van der Waals surface area (Å²) in [4.78, 5) is 14.2. The van der Waals surface area contributed by atoms with Crippen LogP contribution in [0.3, 0.4) is 0 Å². The largest absolute Gasteiger partial charge is 0.444 e. The lowest BCUT2D eigenvalue weighted by Crippen LogP contribution is -2.50. The van der Waals surface area contributed by atoms with Gasteiger partial charge < -0.3 is 9.47 Å². The quantitative estimate of drug-likeness (QED) is 0.775. The highest BCUT2D eigenvalue weighted by molar-refractivity contribution is 5.69. The Kier molecular flexibility index (Phi) is 5.02. The summed E-state index contributed by atoms with van der Waals surface area (Å²) >= 11 is 0. The van der Waals surface area contributed by atoms with Gasteiger partial charge in [-0.2, -0.15) is 0 Å². The van der Waals surface area contributed by atoms with E-state index in [1.807, 2.05) is 44.2 Å². The van der Waals surface area contributed by atoms with Crippen molar-refractivity contribution >= 4 is 6.09 Å². The molecule has 4 heteroatoms. The molecule has 0 N–H and O–H groups in total. The number of rotatable bonds is 5. The predicted octanol–water partition coefficient (Wildman–Crippen LogP) is 3.73. The molecule has 1 atom stereocenters. The van der Waals surface area contributed by atoms with Crippen LogP contribution in [0.25, 0.3) is 0 Å². The van der Waals surface area contributed by atoms with E-state index in [1.165, 1.54) is 0 Å². The maximum Gasteiger partial charge on any atom is 0.412 e. The molecule has 1 amide bonds. The Labute approximate surface area is 126 Å². The summed E-state index contributed by atoms with van der Waals surface area (Å²) in [5.74, 6) is 0. The van der Waals surface area contributed by atoms with Crippen LogP contribution in [-0.2, 0) is 16.1 Å². The van der Waals surface area contributed by atoms with Gasteiger partial charge in [0.2, 0.25) is 0 Å². The molecule has 2 rings (SSSR count). The summed E-state index contributed by atoms with van der Waals surface area (Å²) in [6.07, 6.45) is 2.87. The van der Waals surface area contributed by atoms with Gasteiger partial charge in [0.15, 0.2) is 0 Å². The van der Waals surface area contributed by atoms with Crippen molar-refractivity contribution in [1.29, 1.82) is 0 Å². The van der Waals surface area contributed by atoms with Crippen LogP contribution in [0.2, 0.25) is 0 Å². The third-order valence-corrected chi connectivity index (χ3v) is 4.07. The Morgan fingerprint density at radius 2 is 2.10 bits per heavy atom. The van der Waals surface area contributed by atoms with Gasteiger partial charge >= 0.3 is 6.09 Å². The molecule has 114 valence electrons. The Balaban J connectivity index is 2.09. The molecular weight excluding hydrogens is 266 g/mol. The average molecular weight is 289 g/mol. The van der Waals surface area contributed by atoms with Gasteiger partial charge in [-0.25, -0.2) is 4.79 Å². The standard InChI is InChI=1S/C17H23NO3/c1-4-15-13-21-17(5-2,6-3)18(15)16(19)20-12-14-10-8-7-9-11-14/h4,7-11,15H,1,5-6,12-13H2,2-3H3/t15-/m0/s1. The first kappa shape index (κ1) is 15.6. The number of nitrogens with zero attached hydrogens (tertiary/aromatic N) is 1. The van der Waals surface area contributed by atoms with Crippen molar-refractivity contribution in [2.75, 3.05) is 6.61 Å². The molecule has 0 aromatic heterocycles. The van der Waals surface area contributed by atoms with Gasteiger partial charge in [-0.15, -0.1) is 6.58 Å². The number of amides is 1. The van der Waals surface area contributed by atoms with Gasteiger partial charge in [0.1, 0.15) is 12.3 Å². The minimum atomic E-state index is -0.577. The topological polar surface area (TPSA) is 38.8 Å². The number of hydrogen-bond acceptors (Lipinski definition) is 3. The van der Waals surface area contributed by atoms with Crippen LogP contribution in [0.1, 0.15) is 32.3 Å². The molecule has 0 saturated carbocycles. The lowest BCUT2D eigenvalue weighted by Gasteiger charge is -2.36. The van der Waals surface area contributed by atoms with Crippen molar-refractivity contribution in [3.63, 3.8) is 0 Å². The molecule has 1 aliphatic heterocycles. The summed E-state index contributed by atoms with van der Waals surface area (Å²) in [5, 5.41) is 0. The fraction of sp³-hybridized carbons (Fsp3) is 0.471. The van der Waals surface area contributed by atoms with E-state index in [4.69, 9.17) is 9.47 Å². The number of benzene rings is 1. The number of hydrogen-bond donors (Lipinski definition) is 0. The van der Waals surface area contributed by atoms with Crippen LogP contribution in [0, 0.1) is 0 Å². The van der Waals surface area contributed by atoms with E-state index in [0.29, 0.717) is 6.61 Å². The second kappa shape index (κ2) is 6.76. The molecule has 1 aliphatic rings. The van der Waals surface area contributed by atoms with Crippen LogP contribution in [0.4, 0.5) is 4.79 Å². The molecular formula is C17H23NO3. The van der Waals surface area contributed by atoms with Crippen molar-refractivity contribution in [2.45, 2.75) is 45.1 Å². The Bertz CT molecular complexity index is 482. The molecule has 4 nitrogen and oxygen atoms in total. The summed E-state index contributed by atoms with van der Waals surface area (Å²) in [5.41, 5.74) is 0.395. The van der Waals surface area contributed by atoms with Gasteiger partial charge in [-0.05, 0) is 18.4 Å². The van der Waals surface area contributed by atoms with Gasteiger partial charge in [0.25, 0.3) is 0 Å². The molecule has 0 aliphatic carbocycles. The van der Waals surface area contributed by atoms with Gasteiger partial charge in [-0.3, -0.25) is 4.90 Å². The zero-order valence-electron chi connectivity index (χ0n) is 12.7. The summed E-state index contributed by atoms with van der Waals surface area (Å²) in [7, 11) is 0. The summed E-state index contributed by atoms with van der Waals surface area (Å²) in [6, 6.07) is 9.53. The molecule has 1 aromatic carbocycles. The summed E-state index contributed by atoms with van der Waals surface area (Å²) in [6.45, 7) is 8.58. The van der Waals surface area contributed by atoms with E-state index in [0.717, 1.165) is 18.4 Å². The molecule has 0 unspecified atom stereocenters. The first-order valence-electron chi connectivity index (χ1n) is 7.43. The van der Waals surface area contributed by atoms with Gasteiger partial charge in [0.05, 0.1) is 12.6 Å². The van der Waals surface area contributed by atoms with Gasteiger partial charge in [-0.1, -0.05) is 50.3 Å². The molecule has 1 aromatic rings. The van der Waals surface area contributed by atoms with E-state index >= 15 is 0 Å². The zero-order valence-corrected chi connectivity index (χ0v) is 12.7. The van der Waals surface area contributed by atoms with Crippen molar-refractivity contribution < 1.29 is 14.3 Å². The second-order valence-corrected chi connectivity index (χ2v) is 5.18. The van der Waals surface area contributed by atoms with Crippen LogP contribution >= 0.6 is 0 Å². The number of carbonyl (C=O) groups excluding carboxylic acids is 1. The molecule has 0 bridgehead atoms. The minimum absolute atomic E-state index is 0.131. The molecule has 1 fully saturated rings. The number of ether oxygens (including phenoxy) is 2. The highest BCUT2D eigenvalue weighted by Gasteiger charge is 2.47. The van der Waals surface area contributed by atoms with E-state index < -0.39 is 5.72 Å². The van der Waals surface area contributed by atoms with Crippen molar-refractivity contribution in [3.8, 4) is 0 Å². The lowest BCUT2D eigenvalue weighted by atomic mass is 10.1. The first-order valence-corrected chi connectivity index (χ1v) is 7.43. The molecule has 1 heterocycles. The fourth-order valence-corrected chi connectivity index (χ4v) is 2.75. The predicted molar refractivity (Wildman–Crippen MR) is 81.7 cm³/mol. The van der Waals surface area contributed by atoms with E-state index in [-0.39, 0.29) is 18.7 Å². The summed E-state index contributed by atoms with van der Waals surface area (Å²) < 4.78 is 11.3. The molecule has 0 spiro atoms. The monoisotopic (exact) mass is 289 g/mol. The minimum Gasteiger partial charge on any atom is -0.444 e. The van der Waals surface area contributed by atoms with Crippen LogP contribution in [-0.4, -0.2) is 29.4 Å². The van der Waals surface area contributed by atoms with Crippen molar-refractivity contribution in [1.82, 2.24) is 4.90 Å². The Hall–Kier alpha value is -1.81. The van der Waals surface area contributed by atoms with Crippen LogP contribution < -0.4 is 0 Å². The third kappa shape index (κ3) is 3.10. The highest BCUT2D eigenvalue weighted by atomic mass is 16.6. The van der Waals surface area contributed by atoms with Crippen molar-refractivity contribution in [3.05, 3.63) is 48.6 Å². The number of carbonyl (C=O) groups is 1. The Morgan fingerprint density at radius 1 is 1.43 bits per heavy atom. The SMILES string of the molecule is C=C[C@H]1COC(CC)(CC)N1C(=O)OCc1ccccc1. The fourth-order valence-electron chi connectivity index (χ4n) is 2.75. The lowest BCUT2D eigenvalue weighted by molar-refractivity contribution is -0.0822. The van der Waals surface area contributed by atoms with E-state index in [9.17, 15) is 4.79 Å². The van der Waals surface area contributed by atoms with E-state index in [2.05, 4.69) is 6.58 Å². The maximum atomic E-state index is 12.5. The average Bonchev–Trinajstić information content (AvgIpc) is 2.93. The zero-order chi connectivity index (χ0) is 15.3. The highest BCUT2D eigenvalue weighted by Crippen LogP contribution is 2.35. The first-order chi connectivity index (χ1) is 10.2. The molecule has 0 radical (unpaired) electrons. The molecule has 21 heavy (non-hydrogen) atoms. The second-order valence-electron chi connectivity index (χ2n) is 5.18. The van der Waals surface area contributed by atoms with Gasteiger partial charge in [0, 0.05) is 0 Å². The van der Waals surface area contributed by atoms with Crippen molar-refractivity contribution in [2.24, 2.45) is 0 Å². The van der Waals surface area contributed by atoms with Crippen LogP contribution in [0.15, 0.2) is 43.0 Å².